The molecule has 1 amide bonds. The highest BCUT2D eigenvalue weighted by Gasteiger charge is 2.24. The third-order valence-corrected chi connectivity index (χ3v) is 4.98. The zero-order chi connectivity index (χ0) is 20.1. The van der Waals surface area contributed by atoms with E-state index in [1.165, 1.54) is 18.2 Å². The molecule has 0 atom stereocenters. The number of sulfonamides is 1. The van der Waals surface area contributed by atoms with Gasteiger partial charge in [-0.05, 0) is 51.3 Å². The Balaban J connectivity index is 2.90. The second-order valence-corrected chi connectivity index (χ2v) is 9.29. The monoisotopic (exact) mass is 384 g/mol. The number of benzene rings is 1. The average molecular weight is 384 g/mol. The topological polar surface area (TPSA) is 102 Å². The van der Waals surface area contributed by atoms with Gasteiger partial charge in [0.05, 0.1) is 10.5 Å². The smallest absolute Gasteiger partial charge is 0.338 e. The fraction of sp³-hybridized carbons (Fsp3) is 0.556. The van der Waals surface area contributed by atoms with E-state index in [4.69, 9.17) is 4.74 Å². The van der Waals surface area contributed by atoms with Crippen molar-refractivity contribution >= 4 is 21.9 Å². The van der Waals surface area contributed by atoms with Crippen LogP contribution in [0.2, 0.25) is 0 Å². The SMILES string of the molecule is Cc1ccc(S(=O)(=O)NC(C)(C)C)cc1C(=O)OCC(=O)NCC(C)C. The molecule has 0 aliphatic carbocycles. The van der Waals surface area contributed by atoms with E-state index in [-0.39, 0.29) is 16.4 Å². The summed E-state index contributed by atoms with van der Waals surface area (Å²) >= 11 is 0. The Bertz CT molecular complexity index is 764. The standard InChI is InChI=1S/C18H28N2O5S/c1-12(2)10-19-16(21)11-25-17(22)15-9-14(8-7-13(15)3)26(23,24)20-18(4,5)6/h7-9,12,20H,10-11H2,1-6H3,(H,19,21). The first kappa shape index (κ1) is 22.1. The Kier molecular flexibility index (Phi) is 7.35. The Morgan fingerprint density at radius 1 is 1.19 bits per heavy atom. The van der Waals surface area contributed by atoms with Crippen LogP contribution in [0.4, 0.5) is 0 Å². The van der Waals surface area contributed by atoms with Crippen molar-refractivity contribution in [1.82, 2.24) is 10.0 Å². The molecule has 0 radical (unpaired) electrons. The molecular formula is C18H28N2O5S. The molecule has 0 unspecified atom stereocenters. The Labute approximate surface area is 155 Å². The predicted octanol–water partition coefficient (Wildman–Crippen LogP) is 2.00. The summed E-state index contributed by atoms with van der Waals surface area (Å²) in [4.78, 5) is 23.9. The number of nitrogens with one attached hydrogen (secondary N) is 2. The molecule has 0 saturated carbocycles. The highest BCUT2D eigenvalue weighted by atomic mass is 32.2. The highest BCUT2D eigenvalue weighted by molar-refractivity contribution is 7.89. The van der Waals surface area contributed by atoms with Crippen molar-refractivity contribution in [3.63, 3.8) is 0 Å². The van der Waals surface area contributed by atoms with Crippen molar-refractivity contribution in [2.24, 2.45) is 5.92 Å². The average Bonchev–Trinajstić information content (AvgIpc) is 2.48. The van der Waals surface area contributed by atoms with E-state index in [9.17, 15) is 18.0 Å². The minimum atomic E-state index is -3.78. The molecule has 0 aliphatic heterocycles. The summed E-state index contributed by atoms with van der Waals surface area (Å²) < 4.78 is 32.4. The molecule has 0 aromatic heterocycles. The summed E-state index contributed by atoms with van der Waals surface area (Å²) in [7, 11) is -3.78. The molecule has 26 heavy (non-hydrogen) atoms. The molecule has 0 aliphatic rings. The van der Waals surface area contributed by atoms with Crippen LogP contribution in [0.5, 0.6) is 0 Å². The first-order valence-corrected chi connectivity index (χ1v) is 9.88. The molecule has 1 aromatic rings. The van der Waals surface area contributed by atoms with Gasteiger partial charge < -0.3 is 10.1 Å². The van der Waals surface area contributed by atoms with Crippen LogP contribution < -0.4 is 10.0 Å². The number of amides is 1. The minimum absolute atomic E-state index is 0.0331. The van der Waals surface area contributed by atoms with E-state index in [2.05, 4.69) is 10.0 Å². The highest BCUT2D eigenvalue weighted by Crippen LogP contribution is 2.18. The number of rotatable bonds is 7. The minimum Gasteiger partial charge on any atom is -0.452 e. The number of hydrogen-bond acceptors (Lipinski definition) is 5. The van der Waals surface area contributed by atoms with E-state index >= 15 is 0 Å². The molecular weight excluding hydrogens is 356 g/mol. The normalized spacial score (nSPS) is 12.1. The van der Waals surface area contributed by atoms with E-state index in [1.807, 2.05) is 13.8 Å². The van der Waals surface area contributed by atoms with Gasteiger partial charge in [0.15, 0.2) is 6.61 Å². The molecule has 0 saturated heterocycles. The third kappa shape index (κ3) is 7.13. The Morgan fingerprint density at radius 3 is 2.35 bits per heavy atom. The van der Waals surface area contributed by atoms with Crippen molar-refractivity contribution < 1.29 is 22.7 Å². The zero-order valence-electron chi connectivity index (χ0n) is 16.2. The first-order valence-electron chi connectivity index (χ1n) is 8.40. The number of hydrogen-bond donors (Lipinski definition) is 2. The van der Waals surface area contributed by atoms with Gasteiger partial charge in [-0.2, -0.15) is 0 Å². The van der Waals surface area contributed by atoms with Gasteiger partial charge in [-0.1, -0.05) is 19.9 Å². The van der Waals surface area contributed by atoms with Crippen LogP contribution in [0.1, 0.15) is 50.5 Å². The maximum absolute atomic E-state index is 12.4. The summed E-state index contributed by atoms with van der Waals surface area (Å²) in [6.45, 7) is 10.8. The largest absolute Gasteiger partial charge is 0.452 e. The van der Waals surface area contributed by atoms with Gasteiger partial charge in [0.25, 0.3) is 5.91 Å². The summed E-state index contributed by atoms with van der Waals surface area (Å²) in [5.41, 5.74) is 0.0181. The molecule has 1 aromatic carbocycles. The van der Waals surface area contributed by atoms with Crippen molar-refractivity contribution in [1.29, 1.82) is 0 Å². The Hall–Kier alpha value is -1.93. The maximum Gasteiger partial charge on any atom is 0.338 e. The van der Waals surface area contributed by atoms with Crippen LogP contribution in [0.15, 0.2) is 23.1 Å². The van der Waals surface area contributed by atoms with Gasteiger partial charge >= 0.3 is 5.97 Å². The second-order valence-electron chi connectivity index (χ2n) is 7.61. The zero-order valence-corrected chi connectivity index (χ0v) is 17.0. The number of ether oxygens (including phenoxy) is 1. The number of esters is 1. The van der Waals surface area contributed by atoms with Gasteiger partial charge in [-0.15, -0.1) is 0 Å². The summed E-state index contributed by atoms with van der Waals surface area (Å²) in [5, 5.41) is 2.64. The van der Waals surface area contributed by atoms with E-state index in [0.29, 0.717) is 12.1 Å². The third-order valence-electron chi connectivity index (χ3n) is 3.22. The second kappa shape index (κ2) is 8.64. The van der Waals surface area contributed by atoms with Crippen LogP contribution in [-0.4, -0.2) is 39.0 Å². The van der Waals surface area contributed by atoms with Crippen molar-refractivity contribution in [2.75, 3.05) is 13.2 Å². The van der Waals surface area contributed by atoms with Crippen molar-refractivity contribution in [2.45, 2.75) is 52.0 Å². The molecule has 0 bridgehead atoms. The summed E-state index contributed by atoms with van der Waals surface area (Å²) in [6, 6.07) is 4.22. The molecule has 0 fully saturated rings. The summed E-state index contributed by atoms with van der Waals surface area (Å²) in [6.07, 6.45) is 0. The lowest BCUT2D eigenvalue weighted by Gasteiger charge is -2.20. The van der Waals surface area contributed by atoms with Gasteiger partial charge in [0.2, 0.25) is 10.0 Å². The number of carbonyl (C=O) groups is 2. The van der Waals surface area contributed by atoms with Gasteiger partial charge in [-0.25, -0.2) is 17.9 Å². The van der Waals surface area contributed by atoms with E-state index < -0.39 is 34.0 Å². The van der Waals surface area contributed by atoms with Crippen molar-refractivity contribution in [3.8, 4) is 0 Å². The maximum atomic E-state index is 12.4. The van der Waals surface area contributed by atoms with Crippen LogP contribution in [0.25, 0.3) is 0 Å². The lowest BCUT2D eigenvalue weighted by atomic mass is 10.1. The Morgan fingerprint density at radius 2 is 1.81 bits per heavy atom. The fourth-order valence-corrected chi connectivity index (χ4v) is 3.47. The molecule has 7 nitrogen and oxygen atoms in total. The molecule has 2 N–H and O–H groups in total. The van der Waals surface area contributed by atoms with Crippen LogP contribution >= 0.6 is 0 Å². The summed E-state index contributed by atoms with van der Waals surface area (Å²) in [5.74, 6) is -0.855. The predicted molar refractivity (Wildman–Crippen MR) is 99.4 cm³/mol. The van der Waals surface area contributed by atoms with Crippen LogP contribution in [0.3, 0.4) is 0 Å². The van der Waals surface area contributed by atoms with E-state index in [0.717, 1.165) is 0 Å². The van der Waals surface area contributed by atoms with Gasteiger partial charge in [-0.3, -0.25) is 4.79 Å². The lowest BCUT2D eigenvalue weighted by molar-refractivity contribution is -0.124. The van der Waals surface area contributed by atoms with Crippen LogP contribution in [0, 0.1) is 12.8 Å². The molecule has 146 valence electrons. The number of carbonyl (C=O) groups excluding carboxylic acids is 2. The van der Waals surface area contributed by atoms with Crippen molar-refractivity contribution in [3.05, 3.63) is 29.3 Å². The van der Waals surface area contributed by atoms with E-state index in [1.54, 1.807) is 27.7 Å². The lowest BCUT2D eigenvalue weighted by Crippen LogP contribution is -2.40. The quantitative estimate of drug-likeness (QED) is 0.700. The first-order chi connectivity index (χ1) is 11.8. The fourth-order valence-electron chi connectivity index (χ4n) is 2.03. The van der Waals surface area contributed by atoms with Gasteiger partial charge in [0.1, 0.15) is 0 Å². The van der Waals surface area contributed by atoms with Gasteiger partial charge in [0, 0.05) is 12.1 Å². The molecule has 1 rings (SSSR count). The molecule has 0 heterocycles. The molecule has 0 spiro atoms. The van der Waals surface area contributed by atoms with Crippen LogP contribution in [-0.2, 0) is 19.6 Å². The number of aryl methyl sites for hydroxylation is 1. The molecule has 8 heteroatoms.